The number of rotatable bonds is 5. The molecule has 2 heterocycles. The average molecular weight is 378 g/mol. The summed E-state index contributed by atoms with van der Waals surface area (Å²) in [7, 11) is -3.65. The van der Waals surface area contributed by atoms with Gasteiger partial charge in [-0.2, -0.15) is 0 Å². The Morgan fingerprint density at radius 3 is 2.44 bits per heavy atom. The highest BCUT2D eigenvalue weighted by Gasteiger charge is 2.20. The first-order valence-corrected chi connectivity index (χ1v) is 9.87. The Morgan fingerprint density at radius 1 is 1.16 bits per heavy atom. The molecule has 25 heavy (non-hydrogen) atoms. The minimum absolute atomic E-state index is 0.133. The maximum absolute atomic E-state index is 12.3. The molecule has 3 rings (SSSR count). The van der Waals surface area contributed by atoms with E-state index < -0.39 is 10.0 Å². The molecule has 1 aromatic carbocycles. The molecule has 0 unspecified atom stereocenters. The molecule has 0 aliphatic carbocycles. The lowest BCUT2D eigenvalue weighted by Crippen LogP contribution is -2.12. The van der Waals surface area contributed by atoms with Gasteiger partial charge in [-0.25, -0.2) is 13.4 Å². The SMILES string of the molecule is CC(C)(C)c1cc(Nc2ccc(S(=O)(=O)Nc3nccs3)cc2)no1. The lowest BCUT2D eigenvalue weighted by atomic mass is 9.93. The summed E-state index contributed by atoms with van der Waals surface area (Å²) in [5, 5.41) is 9.10. The van der Waals surface area contributed by atoms with Gasteiger partial charge in [-0.1, -0.05) is 25.9 Å². The van der Waals surface area contributed by atoms with E-state index in [0.29, 0.717) is 16.6 Å². The van der Waals surface area contributed by atoms with Crippen LogP contribution >= 0.6 is 11.3 Å². The van der Waals surface area contributed by atoms with Crippen molar-refractivity contribution in [1.29, 1.82) is 0 Å². The quantitative estimate of drug-likeness (QED) is 0.697. The van der Waals surface area contributed by atoms with Crippen molar-refractivity contribution < 1.29 is 12.9 Å². The summed E-state index contributed by atoms with van der Waals surface area (Å²) in [6, 6.07) is 8.20. The molecule has 132 valence electrons. The Bertz CT molecular complexity index is 940. The molecule has 2 N–H and O–H groups in total. The van der Waals surface area contributed by atoms with Gasteiger partial charge in [0.1, 0.15) is 5.76 Å². The van der Waals surface area contributed by atoms with Crippen LogP contribution in [0.4, 0.5) is 16.6 Å². The minimum Gasteiger partial charge on any atom is -0.359 e. The van der Waals surface area contributed by atoms with Crippen LogP contribution in [-0.4, -0.2) is 18.6 Å². The van der Waals surface area contributed by atoms with E-state index in [9.17, 15) is 8.42 Å². The zero-order valence-corrected chi connectivity index (χ0v) is 15.6. The van der Waals surface area contributed by atoms with Crippen LogP contribution in [0.2, 0.25) is 0 Å². The molecular weight excluding hydrogens is 360 g/mol. The van der Waals surface area contributed by atoms with Crippen LogP contribution < -0.4 is 10.0 Å². The number of nitrogens with one attached hydrogen (secondary N) is 2. The molecule has 0 radical (unpaired) electrons. The van der Waals surface area contributed by atoms with E-state index in [1.807, 2.05) is 26.8 Å². The van der Waals surface area contributed by atoms with Gasteiger partial charge in [0.25, 0.3) is 10.0 Å². The van der Waals surface area contributed by atoms with Crippen molar-refractivity contribution in [2.24, 2.45) is 0 Å². The molecule has 0 saturated carbocycles. The van der Waals surface area contributed by atoms with Crippen LogP contribution in [0.1, 0.15) is 26.5 Å². The van der Waals surface area contributed by atoms with E-state index in [4.69, 9.17) is 4.52 Å². The lowest BCUT2D eigenvalue weighted by molar-refractivity contribution is 0.331. The number of hydrogen-bond donors (Lipinski definition) is 2. The molecule has 0 spiro atoms. The fourth-order valence-corrected chi connectivity index (χ4v) is 3.79. The Labute approximate surface area is 150 Å². The monoisotopic (exact) mass is 378 g/mol. The summed E-state index contributed by atoms with van der Waals surface area (Å²) in [4.78, 5) is 4.08. The summed E-state index contributed by atoms with van der Waals surface area (Å²) in [6.45, 7) is 6.10. The van der Waals surface area contributed by atoms with Crippen molar-refractivity contribution in [2.75, 3.05) is 10.0 Å². The number of sulfonamides is 1. The highest BCUT2D eigenvalue weighted by atomic mass is 32.2. The summed E-state index contributed by atoms with van der Waals surface area (Å²) >= 11 is 1.22. The van der Waals surface area contributed by atoms with E-state index >= 15 is 0 Å². The van der Waals surface area contributed by atoms with Crippen LogP contribution in [0, 0.1) is 0 Å². The zero-order valence-electron chi connectivity index (χ0n) is 14.0. The second-order valence-corrected chi connectivity index (χ2v) is 9.00. The molecule has 0 fully saturated rings. The Balaban J connectivity index is 1.73. The van der Waals surface area contributed by atoms with E-state index in [2.05, 4.69) is 20.2 Å². The lowest BCUT2D eigenvalue weighted by Gasteiger charge is -2.12. The predicted molar refractivity (Wildman–Crippen MR) is 97.9 cm³/mol. The first-order chi connectivity index (χ1) is 11.7. The fraction of sp³-hybridized carbons (Fsp3) is 0.250. The Morgan fingerprint density at radius 2 is 1.88 bits per heavy atom. The number of aromatic nitrogens is 2. The second kappa shape index (κ2) is 6.49. The van der Waals surface area contributed by atoms with Crippen LogP contribution in [0.5, 0.6) is 0 Å². The third-order valence-corrected chi connectivity index (χ3v) is 5.51. The summed E-state index contributed by atoms with van der Waals surface area (Å²) in [6.07, 6.45) is 1.54. The smallest absolute Gasteiger partial charge is 0.263 e. The standard InChI is InChI=1S/C16H18N4O3S2/c1-16(2,3)13-10-14(19-23-13)18-11-4-6-12(7-5-11)25(21,22)20-15-17-8-9-24-15/h4-10H,1-3H3,(H,17,20)(H,18,19). The zero-order chi connectivity index (χ0) is 18.1. The van der Waals surface area contributed by atoms with Crippen molar-refractivity contribution in [1.82, 2.24) is 10.1 Å². The van der Waals surface area contributed by atoms with E-state index in [0.717, 1.165) is 5.76 Å². The van der Waals surface area contributed by atoms with Crippen molar-refractivity contribution in [3.05, 3.63) is 47.7 Å². The van der Waals surface area contributed by atoms with Crippen molar-refractivity contribution in [3.63, 3.8) is 0 Å². The average Bonchev–Trinajstić information content (AvgIpc) is 3.18. The number of nitrogens with zero attached hydrogens (tertiary/aromatic N) is 2. The summed E-state index contributed by atoms with van der Waals surface area (Å²) in [5.74, 6) is 1.34. The molecule has 0 bridgehead atoms. The highest BCUT2D eigenvalue weighted by Crippen LogP contribution is 2.26. The van der Waals surface area contributed by atoms with E-state index in [-0.39, 0.29) is 10.3 Å². The third kappa shape index (κ3) is 4.18. The number of benzene rings is 1. The van der Waals surface area contributed by atoms with Gasteiger partial charge < -0.3 is 9.84 Å². The van der Waals surface area contributed by atoms with Crippen LogP contribution in [0.3, 0.4) is 0 Å². The molecule has 0 aliphatic rings. The number of thiazole rings is 1. The van der Waals surface area contributed by atoms with Crippen LogP contribution in [-0.2, 0) is 15.4 Å². The van der Waals surface area contributed by atoms with E-state index in [1.54, 1.807) is 23.7 Å². The first-order valence-electron chi connectivity index (χ1n) is 7.51. The molecule has 0 atom stereocenters. The third-order valence-electron chi connectivity index (χ3n) is 3.34. The maximum atomic E-state index is 12.3. The van der Waals surface area contributed by atoms with Gasteiger partial charge in [-0.3, -0.25) is 4.72 Å². The molecule has 0 aliphatic heterocycles. The molecule has 2 aromatic heterocycles. The van der Waals surface area contributed by atoms with Gasteiger partial charge in [0, 0.05) is 28.7 Å². The molecular formula is C16H18N4O3S2. The highest BCUT2D eigenvalue weighted by molar-refractivity contribution is 7.93. The van der Waals surface area contributed by atoms with Gasteiger partial charge in [0.15, 0.2) is 10.9 Å². The number of hydrogen-bond acceptors (Lipinski definition) is 7. The first kappa shape index (κ1) is 17.4. The second-order valence-electron chi connectivity index (χ2n) is 6.42. The van der Waals surface area contributed by atoms with Gasteiger partial charge in [0.2, 0.25) is 0 Å². The molecule has 7 nitrogen and oxygen atoms in total. The maximum Gasteiger partial charge on any atom is 0.263 e. The summed E-state index contributed by atoms with van der Waals surface area (Å²) in [5.41, 5.74) is 0.578. The fourth-order valence-electron chi connectivity index (χ4n) is 2.00. The van der Waals surface area contributed by atoms with E-state index in [1.165, 1.54) is 23.5 Å². The molecule has 0 saturated heterocycles. The van der Waals surface area contributed by atoms with Gasteiger partial charge in [0.05, 0.1) is 4.90 Å². The van der Waals surface area contributed by atoms with Crippen molar-refractivity contribution in [3.8, 4) is 0 Å². The van der Waals surface area contributed by atoms with Crippen LogP contribution in [0.25, 0.3) is 0 Å². The Hall–Kier alpha value is -2.39. The van der Waals surface area contributed by atoms with Crippen molar-refractivity contribution >= 4 is 38.0 Å². The minimum atomic E-state index is -3.65. The summed E-state index contributed by atoms with van der Waals surface area (Å²) < 4.78 is 32.3. The van der Waals surface area contributed by atoms with Gasteiger partial charge >= 0.3 is 0 Å². The molecule has 9 heteroatoms. The predicted octanol–water partition coefficient (Wildman–Crippen LogP) is 3.97. The van der Waals surface area contributed by atoms with Gasteiger partial charge in [-0.05, 0) is 24.3 Å². The van der Waals surface area contributed by atoms with Crippen LogP contribution in [0.15, 0.2) is 51.3 Å². The number of anilines is 3. The Kier molecular flexibility index (Phi) is 4.53. The largest absolute Gasteiger partial charge is 0.359 e. The molecule has 3 aromatic rings. The topological polar surface area (TPSA) is 97.1 Å². The molecule has 0 amide bonds. The van der Waals surface area contributed by atoms with Gasteiger partial charge in [-0.15, -0.1) is 11.3 Å². The normalized spacial score (nSPS) is 12.1. The van der Waals surface area contributed by atoms with Crippen molar-refractivity contribution in [2.45, 2.75) is 31.1 Å².